The van der Waals surface area contributed by atoms with Gasteiger partial charge in [-0.05, 0) is 50.7 Å². The van der Waals surface area contributed by atoms with E-state index in [1.54, 1.807) is 0 Å². The molecule has 0 amide bonds. The fraction of sp³-hybridized carbons (Fsp3) is 0.609. The molecule has 1 aliphatic heterocycles. The summed E-state index contributed by atoms with van der Waals surface area (Å²) in [6, 6.07) is 6.34. The molecule has 2 N–H and O–H groups in total. The lowest BCUT2D eigenvalue weighted by Crippen LogP contribution is -2.37. The summed E-state index contributed by atoms with van der Waals surface area (Å²) in [4.78, 5) is 4.78. The molecule has 1 aromatic heterocycles. The second-order valence-corrected chi connectivity index (χ2v) is 8.33. The zero-order chi connectivity index (χ0) is 21.3. The van der Waals surface area contributed by atoms with Crippen LogP contribution in [0.3, 0.4) is 0 Å². The van der Waals surface area contributed by atoms with Crippen LogP contribution in [0.1, 0.15) is 62.8 Å². The first kappa shape index (κ1) is 22.1. The molecule has 0 atom stereocenters. The normalized spacial score (nSPS) is 13.6. The van der Waals surface area contributed by atoms with Crippen molar-refractivity contribution in [3.05, 3.63) is 41.0 Å². The van der Waals surface area contributed by atoms with Crippen LogP contribution in [0.25, 0.3) is 0 Å². The van der Waals surface area contributed by atoms with Gasteiger partial charge >= 0.3 is 0 Å². The van der Waals surface area contributed by atoms with E-state index in [-0.39, 0.29) is 0 Å². The average Bonchev–Trinajstić information content (AvgIpc) is 3.32. The van der Waals surface area contributed by atoms with E-state index >= 15 is 0 Å². The van der Waals surface area contributed by atoms with E-state index < -0.39 is 0 Å². The predicted molar refractivity (Wildman–Crippen MR) is 121 cm³/mol. The number of hydrogen-bond donors (Lipinski definition) is 2. The van der Waals surface area contributed by atoms with Crippen molar-refractivity contribution in [2.24, 2.45) is 10.9 Å². The fourth-order valence-corrected chi connectivity index (χ4v) is 3.61. The van der Waals surface area contributed by atoms with Crippen LogP contribution >= 0.6 is 0 Å². The van der Waals surface area contributed by atoms with Gasteiger partial charge in [0.1, 0.15) is 11.6 Å². The number of ether oxygens (including phenoxy) is 1. The summed E-state index contributed by atoms with van der Waals surface area (Å²) in [6.07, 6.45) is 4.43. The van der Waals surface area contributed by atoms with Crippen molar-refractivity contribution in [2.75, 3.05) is 13.2 Å². The molecular weight excluding hydrogens is 376 g/mol. The van der Waals surface area contributed by atoms with Gasteiger partial charge in [-0.25, -0.2) is 4.99 Å². The number of aryl methyl sites for hydroxylation is 2. The monoisotopic (exact) mass is 412 g/mol. The molecule has 0 unspecified atom stereocenters. The molecule has 3 rings (SSSR count). The molecule has 1 aromatic carbocycles. The highest BCUT2D eigenvalue weighted by atomic mass is 16.5. The largest absolute Gasteiger partial charge is 0.493 e. The Balaban J connectivity index is 1.61. The van der Waals surface area contributed by atoms with Crippen molar-refractivity contribution in [1.29, 1.82) is 0 Å². The zero-order valence-corrected chi connectivity index (χ0v) is 18.9. The Hall–Kier alpha value is -2.57. The molecule has 30 heavy (non-hydrogen) atoms. The Kier molecular flexibility index (Phi) is 8.11. The maximum Gasteiger partial charge on any atom is 0.191 e. The average molecular weight is 413 g/mol. The third-order valence-electron chi connectivity index (χ3n) is 5.26. The van der Waals surface area contributed by atoms with Gasteiger partial charge in [0.2, 0.25) is 0 Å². The highest BCUT2D eigenvalue weighted by Gasteiger charge is 2.17. The van der Waals surface area contributed by atoms with Crippen LogP contribution < -0.4 is 15.4 Å². The third kappa shape index (κ3) is 6.21. The zero-order valence-electron chi connectivity index (χ0n) is 18.9. The molecule has 0 saturated heterocycles. The minimum Gasteiger partial charge on any atom is -0.493 e. The Bertz CT molecular complexity index is 842. The molecule has 2 heterocycles. The van der Waals surface area contributed by atoms with Crippen molar-refractivity contribution in [2.45, 2.75) is 73.0 Å². The molecule has 1 aliphatic rings. The summed E-state index contributed by atoms with van der Waals surface area (Å²) >= 11 is 0. The standard InChI is InChI=1S/C23H36N6O/c1-5-24-23(26-16-22-28-27-21-9-6-12-29(21)22)25-15-19-11-10-18(4)14-20(19)30-13-7-8-17(2)3/h10-11,14,17H,5-9,12-13,15-16H2,1-4H3,(H2,24,25,26). The quantitative estimate of drug-likeness (QED) is 0.354. The molecule has 0 bridgehead atoms. The lowest BCUT2D eigenvalue weighted by Gasteiger charge is -2.14. The van der Waals surface area contributed by atoms with Crippen molar-refractivity contribution in [3.8, 4) is 5.75 Å². The fourth-order valence-electron chi connectivity index (χ4n) is 3.61. The number of guanidine groups is 1. The van der Waals surface area contributed by atoms with Crippen LogP contribution in [0.4, 0.5) is 0 Å². The molecule has 0 spiro atoms. The van der Waals surface area contributed by atoms with Gasteiger partial charge in [0.25, 0.3) is 0 Å². The van der Waals surface area contributed by atoms with Crippen LogP contribution in [0.2, 0.25) is 0 Å². The first-order valence-electron chi connectivity index (χ1n) is 11.2. The van der Waals surface area contributed by atoms with E-state index in [4.69, 9.17) is 9.73 Å². The van der Waals surface area contributed by atoms with E-state index in [9.17, 15) is 0 Å². The number of nitrogens with zero attached hydrogens (tertiary/aromatic N) is 4. The first-order chi connectivity index (χ1) is 14.6. The van der Waals surface area contributed by atoms with E-state index in [1.165, 1.54) is 12.0 Å². The van der Waals surface area contributed by atoms with Gasteiger partial charge in [-0.1, -0.05) is 26.0 Å². The van der Waals surface area contributed by atoms with E-state index in [2.05, 4.69) is 71.3 Å². The third-order valence-corrected chi connectivity index (χ3v) is 5.26. The summed E-state index contributed by atoms with van der Waals surface area (Å²) in [7, 11) is 0. The molecule has 0 fully saturated rings. The Morgan fingerprint density at radius 1 is 1.27 bits per heavy atom. The summed E-state index contributed by atoms with van der Waals surface area (Å²) in [5.74, 6) is 4.48. The van der Waals surface area contributed by atoms with Gasteiger partial charge < -0.3 is 19.9 Å². The lowest BCUT2D eigenvalue weighted by atomic mass is 10.1. The Morgan fingerprint density at radius 3 is 2.93 bits per heavy atom. The SMILES string of the molecule is CCNC(=NCc1ccc(C)cc1OCCCC(C)C)NCc1nnc2n1CCC2. The summed E-state index contributed by atoms with van der Waals surface area (Å²) in [5.41, 5.74) is 2.30. The maximum absolute atomic E-state index is 6.10. The topological polar surface area (TPSA) is 76.4 Å². The van der Waals surface area contributed by atoms with Crippen molar-refractivity contribution in [1.82, 2.24) is 25.4 Å². The van der Waals surface area contributed by atoms with Crippen LogP contribution in [0.15, 0.2) is 23.2 Å². The molecule has 0 aliphatic carbocycles. The number of fused-ring (bicyclic) bond motifs is 1. The minimum atomic E-state index is 0.563. The van der Waals surface area contributed by atoms with Crippen LogP contribution in [0, 0.1) is 12.8 Å². The van der Waals surface area contributed by atoms with Gasteiger partial charge in [-0.15, -0.1) is 10.2 Å². The Morgan fingerprint density at radius 2 is 2.13 bits per heavy atom. The number of aromatic nitrogens is 3. The molecular formula is C23H36N6O. The van der Waals surface area contributed by atoms with Crippen molar-refractivity contribution in [3.63, 3.8) is 0 Å². The van der Waals surface area contributed by atoms with E-state index in [0.717, 1.165) is 67.9 Å². The number of aliphatic imine (C=N–C) groups is 1. The Labute approximate surface area is 180 Å². The first-order valence-corrected chi connectivity index (χ1v) is 11.2. The lowest BCUT2D eigenvalue weighted by molar-refractivity contribution is 0.295. The number of nitrogens with one attached hydrogen (secondary N) is 2. The van der Waals surface area contributed by atoms with Crippen LogP contribution in [-0.2, 0) is 26.1 Å². The summed E-state index contributed by atoms with van der Waals surface area (Å²) in [5, 5.41) is 15.3. The molecule has 164 valence electrons. The van der Waals surface area contributed by atoms with Gasteiger partial charge in [0, 0.05) is 25.1 Å². The van der Waals surface area contributed by atoms with Gasteiger partial charge in [0.05, 0.1) is 19.7 Å². The summed E-state index contributed by atoms with van der Waals surface area (Å²) < 4.78 is 8.31. The predicted octanol–water partition coefficient (Wildman–Crippen LogP) is 3.60. The van der Waals surface area contributed by atoms with Crippen LogP contribution in [0.5, 0.6) is 5.75 Å². The van der Waals surface area contributed by atoms with Crippen molar-refractivity contribution >= 4 is 5.96 Å². The van der Waals surface area contributed by atoms with E-state index in [0.29, 0.717) is 19.0 Å². The second-order valence-electron chi connectivity index (χ2n) is 8.33. The molecule has 2 aromatic rings. The van der Waals surface area contributed by atoms with Gasteiger partial charge in [0.15, 0.2) is 11.8 Å². The minimum absolute atomic E-state index is 0.563. The maximum atomic E-state index is 6.10. The van der Waals surface area contributed by atoms with Crippen molar-refractivity contribution < 1.29 is 4.74 Å². The highest BCUT2D eigenvalue weighted by Crippen LogP contribution is 2.22. The van der Waals surface area contributed by atoms with Crippen LogP contribution in [-0.4, -0.2) is 33.9 Å². The summed E-state index contributed by atoms with van der Waals surface area (Å²) in [6.45, 7) is 12.4. The molecule has 7 nitrogen and oxygen atoms in total. The number of benzene rings is 1. The number of hydrogen-bond acceptors (Lipinski definition) is 4. The molecule has 7 heteroatoms. The molecule has 0 radical (unpaired) electrons. The van der Waals surface area contributed by atoms with Gasteiger partial charge in [-0.3, -0.25) is 0 Å². The van der Waals surface area contributed by atoms with Gasteiger partial charge in [-0.2, -0.15) is 0 Å². The highest BCUT2D eigenvalue weighted by molar-refractivity contribution is 5.79. The van der Waals surface area contributed by atoms with E-state index in [1.807, 2.05) is 0 Å². The second kappa shape index (κ2) is 11.0. The smallest absolute Gasteiger partial charge is 0.191 e. The molecule has 0 saturated carbocycles. The number of rotatable bonds is 10.